The number of carbonyl (C=O) groups excluding carboxylic acids is 2. The molecule has 0 spiro atoms. The first-order valence-corrected chi connectivity index (χ1v) is 12.3. The van der Waals surface area contributed by atoms with E-state index in [0.717, 1.165) is 5.69 Å². The van der Waals surface area contributed by atoms with Crippen molar-refractivity contribution >= 4 is 29.3 Å². The van der Waals surface area contributed by atoms with Crippen molar-refractivity contribution in [2.75, 3.05) is 18.2 Å². The van der Waals surface area contributed by atoms with Crippen molar-refractivity contribution in [1.82, 2.24) is 20.1 Å². The van der Waals surface area contributed by atoms with Crippen LogP contribution in [-0.2, 0) is 11.3 Å². The Morgan fingerprint density at radius 3 is 2.37 bits per heavy atom. The number of ether oxygens (including phenoxy) is 1. The molecule has 184 valence electrons. The highest BCUT2D eigenvalue weighted by Gasteiger charge is 2.20. The number of amides is 2. The zero-order valence-corrected chi connectivity index (χ0v) is 21.3. The summed E-state index contributed by atoms with van der Waals surface area (Å²) < 4.78 is 6.99. The summed E-state index contributed by atoms with van der Waals surface area (Å²) in [6.07, 6.45) is 1.73. The van der Waals surface area contributed by atoms with E-state index in [0.29, 0.717) is 34.8 Å². The number of thioether (sulfide) groups is 1. The average Bonchev–Trinajstić information content (AvgIpc) is 3.26. The number of aromatic nitrogens is 3. The monoisotopic (exact) mass is 493 g/mol. The Morgan fingerprint density at radius 1 is 1.09 bits per heavy atom. The van der Waals surface area contributed by atoms with E-state index in [1.165, 1.54) is 17.3 Å². The quantitative estimate of drug-likeness (QED) is 0.294. The topological polar surface area (TPSA) is 98.1 Å². The third-order valence-electron chi connectivity index (χ3n) is 5.34. The summed E-state index contributed by atoms with van der Waals surface area (Å²) in [7, 11) is 1.58. The predicted octanol–water partition coefficient (Wildman–Crippen LogP) is 4.82. The molecule has 35 heavy (non-hydrogen) atoms. The van der Waals surface area contributed by atoms with Crippen molar-refractivity contribution in [2.24, 2.45) is 0 Å². The Kier molecular flexibility index (Phi) is 9.08. The molecule has 3 rings (SSSR count). The lowest BCUT2D eigenvalue weighted by atomic mass is 10.0. The van der Waals surface area contributed by atoms with Gasteiger partial charge in [0.25, 0.3) is 5.91 Å². The molecule has 0 aliphatic heterocycles. The van der Waals surface area contributed by atoms with Gasteiger partial charge in [-0.05, 0) is 54.8 Å². The van der Waals surface area contributed by atoms with Crippen LogP contribution in [0.5, 0.6) is 5.75 Å². The first-order chi connectivity index (χ1) is 16.8. The molecule has 9 heteroatoms. The van der Waals surface area contributed by atoms with Crippen LogP contribution in [0.25, 0.3) is 0 Å². The number of hydrogen-bond acceptors (Lipinski definition) is 6. The molecular formula is C26H31N5O3S. The number of nitrogens with one attached hydrogen (secondary N) is 2. The lowest BCUT2D eigenvalue weighted by Gasteiger charge is -2.15. The number of hydrogen-bond donors (Lipinski definition) is 2. The Bertz CT molecular complexity index is 1160. The van der Waals surface area contributed by atoms with E-state index in [-0.39, 0.29) is 17.6 Å². The van der Waals surface area contributed by atoms with E-state index in [4.69, 9.17) is 4.74 Å². The highest BCUT2D eigenvalue weighted by Crippen LogP contribution is 2.22. The molecule has 0 bridgehead atoms. The molecule has 1 atom stereocenters. The molecule has 0 saturated heterocycles. The molecular weight excluding hydrogens is 462 g/mol. The Labute approximate surface area is 210 Å². The van der Waals surface area contributed by atoms with Gasteiger partial charge in [-0.1, -0.05) is 43.8 Å². The minimum Gasteiger partial charge on any atom is -0.497 e. The van der Waals surface area contributed by atoms with Gasteiger partial charge in [0.2, 0.25) is 5.91 Å². The van der Waals surface area contributed by atoms with Crippen LogP contribution < -0.4 is 15.4 Å². The average molecular weight is 494 g/mol. The van der Waals surface area contributed by atoms with Gasteiger partial charge in [0.1, 0.15) is 5.75 Å². The second kappa shape index (κ2) is 12.2. The molecule has 3 aromatic rings. The number of methoxy groups -OCH3 is 1. The van der Waals surface area contributed by atoms with Gasteiger partial charge < -0.3 is 19.9 Å². The number of benzene rings is 2. The molecule has 2 amide bonds. The highest BCUT2D eigenvalue weighted by atomic mass is 32.2. The summed E-state index contributed by atoms with van der Waals surface area (Å²) in [5.74, 6) is 1.50. The maximum atomic E-state index is 12.7. The molecule has 1 heterocycles. The van der Waals surface area contributed by atoms with Crippen molar-refractivity contribution in [3.8, 4) is 5.75 Å². The molecule has 2 aromatic carbocycles. The lowest BCUT2D eigenvalue weighted by Crippen LogP contribution is -2.28. The van der Waals surface area contributed by atoms with Crippen LogP contribution >= 0.6 is 11.8 Å². The van der Waals surface area contributed by atoms with Crippen molar-refractivity contribution in [3.63, 3.8) is 0 Å². The number of nitrogens with zero attached hydrogens (tertiary/aromatic N) is 3. The zero-order valence-electron chi connectivity index (χ0n) is 20.4. The Balaban J connectivity index is 1.63. The second-order valence-corrected chi connectivity index (χ2v) is 9.22. The van der Waals surface area contributed by atoms with E-state index in [1.807, 2.05) is 35.8 Å². The minimum atomic E-state index is -0.403. The number of anilines is 1. The van der Waals surface area contributed by atoms with Crippen LogP contribution in [0, 0.1) is 0 Å². The van der Waals surface area contributed by atoms with Gasteiger partial charge in [-0.2, -0.15) is 0 Å². The molecule has 0 unspecified atom stereocenters. The first-order valence-electron chi connectivity index (χ1n) is 11.3. The minimum absolute atomic E-state index is 0.136. The van der Waals surface area contributed by atoms with Crippen LogP contribution in [0.1, 0.15) is 54.5 Å². The van der Waals surface area contributed by atoms with Gasteiger partial charge in [0, 0.05) is 17.8 Å². The van der Waals surface area contributed by atoms with Gasteiger partial charge >= 0.3 is 0 Å². The van der Waals surface area contributed by atoms with Crippen molar-refractivity contribution < 1.29 is 14.3 Å². The van der Waals surface area contributed by atoms with Crippen LogP contribution in [0.3, 0.4) is 0 Å². The summed E-state index contributed by atoms with van der Waals surface area (Å²) in [4.78, 5) is 25.2. The molecule has 0 saturated carbocycles. The van der Waals surface area contributed by atoms with E-state index in [1.54, 1.807) is 37.5 Å². The van der Waals surface area contributed by atoms with E-state index in [2.05, 4.69) is 41.3 Å². The molecule has 8 nitrogen and oxygen atoms in total. The summed E-state index contributed by atoms with van der Waals surface area (Å²) in [5, 5.41) is 15.0. The normalized spacial score (nSPS) is 11.7. The van der Waals surface area contributed by atoms with E-state index in [9.17, 15) is 9.59 Å². The van der Waals surface area contributed by atoms with E-state index < -0.39 is 6.04 Å². The van der Waals surface area contributed by atoms with Gasteiger partial charge in [0.15, 0.2) is 11.0 Å². The fourth-order valence-electron chi connectivity index (χ4n) is 3.39. The Hall–Kier alpha value is -3.59. The third-order valence-corrected chi connectivity index (χ3v) is 6.30. The molecule has 1 aromatic heterocycles. The number of carbonyl (C=O) groups is 2. The maximum absolute atomic E-state index is 12.7. The first kappa shape index (κ1) is 26.0. The third kappa shape index (κ3) is 6.95. The van der Waals surface area contributed by atoms with Crippen molar-refractivity contribution in [1.29, 1.82) is 0 Å². The summed E-state index contributed by atoms with van der Waals surface area (Å²) >= 11 is 1.28. The fraction of sp³-hybridized carbons (Fsp3) is 0.308. The summed E-state index contributed by atoms with van der Waals surface area (Å²) in [6.45, 7) is 10.4. The molecule has 0 aliphatic carbocycles. The maximum Gasteiger partial charge on any atom is 0.251 e. The molecule has 0 radical (unpaired) electrons. The standard InChI is InChI=1S/C26H31N5O3S/c1-6-15-31-24(18(4)27-25(33)20-9-13-22(34-5)14-10-20)29-30-26(31)35-16-23(32)28-21-11-7-19(8-12-21)17(2)3/h6-14,17-18H,1,15-16H2,2-5H3,(H,27,33)(H,28,32)/t18-/m0/s1. The molecule has 2 N–H and O–H groups in total. The van der Waals surface area contributed by atoms with Crippen molar-refractivity contribution in [3.05, 3.63) is 78.1 Å². The predicted molar refractivity (Wildman–Crippen MR) is 139 cm³/mol. The SMILES string of the molecule is C=CCn1c(SCC(=O)Nc2ccc(C(C)C)cc2)nnc1[C@H](C)NC(=O)c1ccc(OC)cc1. The molecule has 0 aliphatic rings. The van der Waals surface area contributed by atoms with Gasteiger partial charge in [-0.3, -0.25) is 9.59 Å². The van der Waals surface area contributed by atoms with Crippen molar-refractivity contribution in [2.45, 2.75) is 44.4 Å². The van der Waals surface area contributed by atoms with Crippen LogP contribution in [0.4, 0.5) is 5.69 Å². The fourth-order valence-corrected chi connectivity index (χ4v) is 4.15. The van der Waals surface area contributed by atoms with Gasteiger partial charge in [-0.15, -0.1) is 16.8 Å². The lowest BCUT2D eigenvalue weighted by molar-refractivity contribution is -0.113. The van der Waals surface area contributed by atoms with Crippen LogP contribution in [-0.4, -0.2) is 39.4 Å². The summed E-state index contributed by atoms with van der Waals surface area (Å²) in [6, 6.07) is 14.3. The number of rotatable bonds is 11. The van der Waals surface area contributed by atoms with E-state index >= 15 is 0 Å². The van der Waals surface area contributed by atoms with Crippen LogP contribution in [0.2, 0.25) is 0 Å². The zero-order chi connectivity index (χ0) is 25.4. The second-order valence-electron chi connectivity index (χ2n) is 8.28. The summed E-state index contributed by atoms with van der Waals surface area (Å²) in [5.41, 5.74) is 2.49. The van der Waals surface area contributed by atoms with Crippen LogP contribution in [0.15, 0.2) is 66.3 Å². The Morgan fingerprint density at radius 2 is 1.77 bits per heavy atom. The number of allylic oxidation sites excluding steroid dienone is 1. The molecule has 0 fully saturated rings. The van der Waals surface area contributed by atoms with Gasteiger partial charge in [0.05, 0.1) is 18.9 Å². The largest absolute Gasteiger partial charge is 0.497 e. The van der Waals surface area contributed by atoms with Gasteiger partial charge in [-0.25, -0.2) is 0 Å². The highest BCUT2D eigenvalue weighted by molar-refractivity contribution is 7.99. The smallest absolute Gasteiger partial charge is 0.251 e.